The van der Waals surface area contributed by atoms with E-state index in [1.165, 1.54) is 11.3 Å². The highest BCUT2D eigenvalue weighted by Crippen LogP contribution is 2.23. The standard InChI is InChI=1S/C13H14N2O4S/c1-8(13(17)18)5-14-11(16)4-10-7-20-12(15-10)9-2-3-19-6-9/h2-3,6-8H,4-5H2,1H3,(H,14,16)(H,17,18)/t8-/m1/s1. The number of furan rings is 1. The minimum absolute atomic E-state index is 0.118. The van der Waals surface area contributed by atoms with Gasteiger partial charge in [0.1, 0.15) is 11.3 Å². The van der Waals surface area contributed by atoms with E-state index in [0.717, 1.165) is 10.6 Å². The third-order valence-corrected chi connectivity index (χ3v) is 3.63. The van der Waals surface area contributed by atoms with Crippen LogP contribution in [0, 0.1) is 5.92 Å². The van der Waals surface area contributed by atoms with Crippen molar-refractivity contribution in [2.75, 3.05) is 6.54 Å². The first kappa shape index (κ1) is 14.3. The Morgan fingerprint density at radius 3 is 3.00 bits per heavy atom. The molecule has 0 spiro atoms. The van der Waals surface area contributed by atoms with Crippen LogP contribution in [-0.2, 0) is 16.0 Å². The Morgan fingerprint density at radius 2 is 2.35 bits per heavy atom. The van der Waals surface area contributed by atoms with Crippen LogP contribution in [0.4, 0.5) is 0 Å². The van der Waals surface area contributed by atoms with Crippen LogP contribution in [0.5, 0.6) is 0 Å². The van der Waals surface area contributed by atoms with Gasteiger partial charge in [-0.2, -0.15) is 0 Å². The summed E-state index contributed by atoms with van der Waals surface area (Å²) >= 11 is 1.43. The van der Waals surface area contributed by atoms with Gasteiger partial charge >= 0.3 is 5.97 Å². The van der Waals surface area contributed by atoms with Gasteiger partial charge in [-0.25, -0.2) is 4.98 Å². The lowest BCUT2D eigenvalue weighted by Gasteiger charge is -2.07. The minimum Gasteiger partial charge on any atom is -0.481 e. The molecule has 106 valence electrons. The molecule has 0 saturated heterocycles. The second kappa shape index (κ2) is 6.33. The fourth-order valence-corrected chi connectivity index (χ4v) is 2.29. The Labute approximate surface area is 119 Å². The molecule has 2 heterocycles. The molecular formula is C13H14N2O4S. The zero-order chi connectivity index (χ0) is 14.5. The molecule has 2 aromatic heterocycles. The van der Waals surface area contributed by atoms with Crippen LogP contribution in [0.2, 0.25) is 0 Å². The second-order valence-corrected chi connectivity index (χ2v) is 5.23. The number of aliphatic carboxylic acids is 1. The first-order chi connectivity index (χ1) is 9.56. The molecule has 7 heteroatoms. The third-order valence-electron chi connectivity index (χ3n) is 2.69. The zero-order valence-electron chi connectivity index (χ0n) is 10.8. The molecule has 0 bridgehead atoms. The first-order valence-electron chi connectivity index (χ1n) is 6.02. The monoisotopic (exact) mass is 294 g/mol. The number of rotatable bonds is 6. The lowest BCUT2D eigenvalue weighted by Crippen LogP contribution is -2.32. The van der Waals surface area contributed by atoms with E-state index in [1.54, 1.807) is 25.5 Å². The third kappa shape index (κ3) is 3.67. The quantitative estimate of drug-likeness (QED) is 0.847. The fourth-order valence-electron chi connectivity index (χ4n) is 1.49. The lowest BCUT2D eigenvalue weighted by molar-refractivity contribution is -0.141. The van der Waals surface area contributed by atoms with Gasteiger partial charge in [0.2, 0.25) is 5.91 Å². The van der Waals surface area contributed by atoms with Gasteiger partial charge < -0.3 is 14.8 Å². The number of carboxylic acids is 1. The molecule has 0 radical (unpaired) electrons. The zero-order valence-corrected chi connectivity index (χ0v) is 11.6. The average molecular weight is 294 g/mol. The van der Waals surface area contributed by atoms with Gasteiger partial charge in [-0.05, 0) is 6.07 Å². The number of nitrogens with zero attached hydrogens (tertiary/aromatic N) is 1. The summed E-state index contributed by atoms with van der Waals surface area (Å²) < 4.78 is 4.98. The summed E-state index contributed by atoms with van der Waals surface area (Å²) in [6.45, 7) is 1.66. The molecule has 0 aliphatic rings. The molecule has 6 nitrogen and oxygen atoms in total. The molecule has 0 saturated carbocycles. The molecule has 1 amide bonds. The van der Waals surface area contributed by atoms with E-state index in [9.17, 15) is 9.59 Å². The van der Waals surface area contributed by atoms with E-state index < -0.39 is 11.9 Å². The van der Waals surface area contributed by atoms with E-state index in [4.69, 9.17) is 9.52 Å². The van der Waals surface area contributed by atoms with Gasteiger partial charge in [-0.15, -0.1) is 11.3 Å². The number of amides is 1. The van der Waals surface area contributed by atoms with Gasteiger partial charge in [-0.1, -0.05) is 6.92 Å². The smallest absolute Gasteiger partial charge is 0.308 e. The summed E-state index contributed by atoms with van der Waals surface area (Å²) in [5, 5.41) is 13.9. The van der Waals surface area contributed by atoms with Gasteiger partial charge in [0.15, 0.2) is 0 Å². The summed E-state index contributed by atoms with van der Waals surface area (Å²) in [6, 6.07) is 1.80. The van der Waals surface area contributed by atoms with Crippen molar-refractivity contribution in [1.82, 2.24) is 10.3 Å². The van der Waals surface area contributed by atoms with E-state index in [-0.39, 0.29) is 18.9 Å². The molecule has 1 atom stereocenters. The summed E-state index contributed by atoms with van der Waals surface area (Å²) in [5.74, 6) is -1.76. The molecule has 0 fully saturated rings. The van der Waals surface area contributed by atoms with Crippen LogP contribution in [-0.4, -0.2) is 28.5 Å². The van der Waals surface area contributed by atoms with Gasteiger partial charge in [-0.3, -0.25) is 9.59 Å². The Hall–Kier alpha value is -2.15. The van der Waals surface area contributed by atoms with Crippen molar-refractivity contribution in [1.29, 1.82) is 0 Å². The molecule has 0 aliphatic carbocycles. The topological polar surface area (TPSA) is 92.4 Å². The highest BCUT2D eigenvalue weighted by atomic mass is 32.1. The number of aromatic nitrogens is 1. The number of hydrogen-bond donors (Lipinski definition) is 2. The molecular weight excluding hydrogens is 280 g/mol. The average Bonchev–Trinajstić information content (AvgIpc) is 3.05. The second-order valence-electron chi connectivity index (χ2n) is 4.38. The van der Waals surface area contributed by atoms with Crippen molar-refractivity contribution in [3.63, 3.8) is 0 Å². The molecule has 0 aromatic carbocycles. The maximum Gasteiger partial charge on any atom is 0.308 e. The normalized spacial score (nSPS) is 12.1. The van der Waals surface area contributed by atoms with Crippen LogP contribution in [0.3, 0.4) is 0 Å². The van der Waals surface area contributed by atoms with E-state index in [0.29, 0.717) is 5.69 Å². The predicted octanol–water partition coefficient (Wildman–Crippen LogP) is 1.78. The van der Waals surface area contributed by atoms with Crippen molar-refractivity contribution in [2.45, 2.75) is 13.3 Å². The summed E-state index contributed by atoms with van der Waals surface area (Å²) in [6.07, 6.45) is 3.30. The lowest BCUT2D eigenvalue weighted by atomic mass is 10.2. The number of thiazole rings is 1. The van der Waals surface area contributed by atoms with Crippen molar-refractivity contribution in [3.05, 3.63) is 29.7 Å². The summed E-state index contributed by atoms with van der Waals surface area (Å²) in [5.41, 5.74) is 1.54. The van der Waals surface area contributed by atoms with Crippen LogP contribution in [0.15, 0.2) is 28.4 Å². The van der Waals surface area contributed by atoms with Gasteiger partial charge in [0.25, 0.3) is 0 Å². The fraction of sp³-hybridized carbons (Fsp3) is 0.308. The van der Waals surface area contributed by atoms with E-state index in [2.05, 4.69) is 10.3 Å². The van der Waals surface area contributed by atoms with Gasteiger partial charge in [0, 0.05) is 17.5 Å². The Morgan fingerprint density at radius 1 is 1.55 bits per heavy atom. The van der Waals surface area contributed by atoms with Crippen LogP contribution < -0.4 is 5.32 Å². The van der Waals surface area contributed by atoms with Crippen molar-refractivity contribution in [3.8, 4) is 10.6 Å². The SMILES string of the molecule is C[C@H](CNC(=O)Cc1csc(-c2ccoc2)n1)C(=O)O. The number of carbonyl (C=O) groups excluding carboxylic acids is 1. The maximum atomic E-state index is 11.7. The number of carboxylic acid groups (broad SMARTS) is 1. The molecule has 0 unspecified atom stereocenters. The number of hydrogen-bond acceptors (Lipinski definition) is 5. The van der Waals surface area contributed by atoms with Crippen LogP contribution in [0.25, 0.3) is 10.6 Å². The van der Waals surface area contributed by atoms with E-state index in [1.807, 2.05) is 5.38 Å². The van der Waals surface area contributed by atoms with Crippen molar-refractivity contribution in [2.24, 2.45) is 5.92 Å². The van der Waals surface area contributed by atoms with Crippen LogP contribution in [0.1, 0.15) is 12.6 Å². The first-order valence-corrected chi connectivity index (χ1v) is 6.90. The van der Waals surface area contributed by atoms with Crippen molar-refractivity contribution < 1.29 is 19.1 Å². The van der Waals surface area contributed by atoms with E-state index >= 15 is 0 Å². The Bertz CT molecular complexity index is 591. The minimum atomic E-state index is -0.929. The Balaban J connectivity index is 1.87. The maximum absolute atomic E-state index is 11.7. The number of carbonyl (C=O) groups is 2. The molecule has 2 N–H and O–H groups in total. The molecule has 20 heavy (non-hydrogen) atoms. The molecule has 2 rings (SSSR count). The van der Waals surface area contributed by atoms with Crippen LogP contribution >= 0.6 is 11.3 Å². The summed E-state index contributed by atoms with van der Waals surface area (Å²) in [7, 11) is 0. The highest BCUT2D eigenvalue weighted by Gasteiger charge is 2.13. The largest absolute Gasteiger partial charge is 0.481 e. The Kier molecular flexibility index (Phi) is 4.52. The predicted molar refractivity (Wildman–Crippen MR) is 73.3 cm³/mol. The molecule has 0 aliphatic heterocycles. The van der Waals surface area contributed by atoms with Gasteiger partial charge in [0.05, 0.1) is 24.3 Å². The number of nitrogens with one attached hydrogen (secondary N) is 1. The summed E-state index contributed by atoms with van der Waals surface area (Å²) in [4.78, 5) is 26.6. The highest BCUT2D eigenvalue weighted by molar-refractivity contribution is 7.13. The van der Waals surface area contributed by atoms with Crippen molar-refractivity contribution >= 4 is 23.2 Å². The molecule has 2 aromatic rings.